The molecule has 126 valence electrons. The molecule has 4 nitrogen and oxygen atoms in total. The Kier molecular flexibility index (Phi) is 5.93. The van der Waals surface area contributed by atoms with Gasteiger partial charge in [-0.2, -0.15) is 0 Å². The van der Waals surface area contributed by atoms with E-state index in [2.05, 4.69) is 9.97 Å². The molecule has 0 N–H and O–H groups in total. The number of hydrogen-bond acceptors (Lipinski definition) is 4. The topological polar surface area (TPSA) is 44.2 Å². The minimum Gasteiger partial charge on any atom is -0.497 e. The van der Waals surface area contributed by atoms with Crippen LogP contribution in [0.3, 0.4) is 0 Å². The molecule has 3 rings (SSSR count). The molecular formula is C18H18ClFN2O2. The summed E-state index contributed by atoms with van der Waals surface area (Å²) in [6.07, 6.45) is 1.38. The average molecular weight is 349 g/mol. The van der Waals surface area contributed by atoms with Crippen molar-refractivity contribution in [1.82, 2.24) is 9.97 Å². The normalized spacial score (nSPS) is 10.1. The molecule has 1 aromatic heterocycles. The molecule has 6 heteroatoms. The Balaban J connectivity index is 0.00000100. The summed E-state index contributed by atoms with van der Waals surface area (Å²) >= 11 is 5.73. The predicted octanol–water partition coefficient (Wildman–Crippen LogP) is 5.13. The first-order valence-corrected chi connectivity index (χ1v) is 7.84. The van der Waals surface area contributed by atoms with E-state index >= 15 is 0 Å². The Morgan fingerprint density at radius 3 is 2.21 bits per heavy atom. The smallest absolute Gasteiger partial charge is 0.222 e. The first-order chi connectivity index (χ1) is 11.6. The maximum Gasteiger partial charge on any atom is 0.222 e. The highest BCUT2D eigenvalue weighted by Gasteiger charge is 2.13. The largest absolute Gasteiger partial charge is 0.497 e. The van der Waals surface area contributed by atoms with Crippen molar-refractivity contribution in [2.45, 2.75) is 13.8 Å². The third-order valence-corrected chi connectivity index (χ3v) is 3.51. The van der Waals surface area contributed by atoms with Crippen LogP contribution in [-0.4, -0.2) is 24.2 Å². The number of hydrogen-bond donors (Lipinski definition) is 0. The van der Waals surface area contributed by atoms with Gasteiger partial charge in [0.1, 0.15) is 17.3 Å². The summed E-state index contributed by atoms with van der Waals surface area (Å²) in [5.41, 5.74) is 1.51. The first kappa shape index (κ1) is 17.9. The molecule has 3 aromatic rings. The van der Waals surface area contributed by atoms with Gasteiger partial charge in [-0.25, -0.2) is 14.4 Å². The van der Waals surface area contributed by atoms with Crippen LogP contribution >= 0.6 is 11.6 Å². The number of methoxy groups -OCH3 is 2. The number of aromatic nitrogens is 2. The van der Waals surface area contributed by atoms with Crippen molar-refractivity contribution < 1.29 is 13.9 Å². The lowest BCUT2D eigenvalue weighted by Crippen LogP contribution is -1.93. The van der Waals surface area contributed by atoms with Gasteiger partial charge in [0, 0.05) is 17.8 Å². The summed E-state index contributed by atoms with van der Waals surface area (Å²) in [6, 6.07) is 8.56. The lowest BCUT2D eigenvalue weighted by molar-refractivity contribution is 0.394. The van der Waals surface area contributed by atoms with Gasteiger partial charge in [-0.15, -0.1) is 0 Å². The van der Waals surface area contributed by atoms with Crippen LogP contribution in [-0.2, 0) is 0 Å². The summed E-state index contributed by atoms with van der Waals surface area (Å²) in [4.78, 5) is 7.84. The highest BCUT2D eigenvalue weighted by molar-refractivity contribution is 6.28. The van der Waals surface area contributed by atoms with E-state index in [0.717, 1.165) is 0 Å². The monoisotopic (exact) mass is 348 g/mol. The standard InChI is InChI=1S/C16H12ClFN2O2.C2H6/c1-21-10-5-9(6-11(7-10)22-2)12-3-4-14-13(15(12)18)8-19-16(17)20-14;1-2/h3-8H,1-2H3;1-2H3. The quantitative estimate of drug-likeness (QED) is 0.615. The Bertz CT molecular complexity index is 834. The zero-order chi connectivity index (χ0) is 17.7. The van der Waals surface area contributed by atoms with E-state index in [1.54, 1.807) is 44.6 Å². The molecular weight excluding hydrogens is 331 g/mol. The predicted molar refractivity (Wildman–Crippen MR) is 94.4 cm³/mol. The minimum atomic E-state index is -0.413. The molecule has 0 fully saturated rings. The number of ether oxygens (including phenoxy) is 2. The molecule has 0 radical (unpaired) electrons. The van der Waals surface area contributed by atoms with Gasteiger partial charge < -0.3 is 9.47 Å². The lowest BCUT2D eigenvalue weighted by atomic mass is 10.0. The molecule has 0 aliphatic heterocycles. The SMILES string of the molecule is CC.COc1cc(OC)cc(-c2ccc3nc(Cl)ncc3c2F)c1. The second kappa shape index (κ2) is 7.93. The van der Waals surface area contributed by atoms with Crippen LogP contribution in [0.5, 0.6) is 11.5 Å². The average Bonchev–Trinajstić information content (AvgIpc) is 2.63. The highest BCUT2D eigenvalue weighted by atomic mass is 35.5. The van der Waals surface area contributed by atoms with Crippen molar-refractivity contribution >= 4 is 22.5 Å². The third-order valence-electron chi connectivity index (χ3n) is 3.33. The van der Waals surface area contributed by atoms with Crippen LogP contribution in [0.15, 0.2) is 36.5 Å². The van der Waals surface area contributed by atoms with E-state index in [1.807, 2.05) is 13.8 Å². The van der Waals surface area contributed by atoms with Crippen molar-refractivity contribution in [1.29, 1.82) is 0 Å². The molecule has 0 spiro atoms. The van der Waals surface area contributed by atoms with Crippen LogP contribution in [0.4, 0.5) is 4.39 Å². The number of halogens is 2. The highest BCUT2D eigenvalue weighted by Crippen LogP contribution is 2.33. The second-order valence-corrected chi connectivity index (χ2v) is 4.94. The zero-order valence-corrected chi connectivity index (χ0v) is 14.7. The number of nitrogens with zero attached hydrogens (tertiary/aromatic N) is 2. The fraction of sp³-hybridized carbons (Fsp3) is 0.222. The van der Waals surface area contributed by atoms with Crippen molar-refractivity contribution in [2.24, 2.45) is 0 Å². The molecule has 0 bridgehead atoms. The molecule has 0 saturated carbocycles. The van der Waals surface area contributed by atoms with E-state index < -0.39 is 5.82 Å². The van der Waals surface area contributed by atoms with Crippen LogP contribution in [0.1, 0.15) is 13.8 Å². The van der Waals surface area contributed by atoms with Crippen LogP contribution < -0.4 is 9.47 Å². The molecule has 0 unspecified atom stereocenters. The third kappa shape index (κ3) is 3.57. The van der Waals surface area contributed by atoms with Gasteiger partial charge in [0.05, 0.1) is 25.1 Å². The fourth-order valence-corrected chi connectivity index (χ4v) is 2.37. The maximum absolute atomic E-state index is 14.8. The summed E-state index contributed by atoms with van der Waals surface area (Å²) in [6.45, 7) is 4.00. The molecule has 1 heterocycles. The van der Waals surface area contributed by atoms with Gasteiger partial charge in [-0.1, -0.05) is 13.8 Å². The lowest BCUT2D eigenvalue weighted by Gasteiger charge is -2.10. The van der Waals surface area contributed by atoms with Crippen LogP contribution in [0, 0.1) is 5.82 Å². The van der Waals surface area contributed by atoms with E-state index in [1.165, 1.54) is 6.20 Å². The van der Waals surface area contributed by atoms with E-state index in [0.29, 0.717) is 33.5 Å². The molecule has 24 heavy (non-hydrogen) atoms. The number of fused-ring (bicyclic) bond motifs is 1. The molecule has 0 atom stereocenters. The molecule has 0 aliphatic carbocycles. The van der Waals surface area contributed by atoms with Crippen LogP contribution in [0.25, 0.3) is 22.0 Å². The van der Waals surface area contributed by atoms with E-state index in [9.17, 15) is 4.39 Å². The van der Waals surface area contributed by atoms with Gasteiger partial charge in [-0.05, 0) is 41.4 Å². The maximum atomic E-state index is 14.8. The Morgan fingerprint density at radius 2 is 1.62 bits per heavy atom. The van der Waals surface area contributed by atoms with Gasteiger partial charge in [0.2, 0.25) is 5.28 Å². The summed E-state index contributed by atoms with van der Waals surface area (Å²) in [5.74, 6) is 0.756. The molecule has 0 aliphatic rings. The Labute approximate surface area is 145 Å². The van der Waals surface area contributed by atoms with E-state index in [4.69, 9.17) is 21.1 Å². The number of benzene rings is 2. The first-order valence-electron chi connectivity index (χ1n) is 7.46. The fourth-order valence-electron chi connectivity index (χ4n) is 2.24. The van der Waals surface area contributed by atoms with Crippen molar-refractivity contribution in [2.75, 3.05) is 14.2 Å². The van der Waals surface area contributed by atoms with Gasteiger partial charge in [-0.3, -0.25) is 0 Å². The minimum absolute atomic E-state index is 0.0858. The molecule has 0 amide bonds. The van der Waals surface area contributed by atoms with Crippen molar-refractivity contribution in [3.8, 4) is 22.6 Å². The van der Waals surface area contributed by atoms with Crippen molar-refractivity contribution in [3.05, 3.63) is 47.6 Å². The Hall–Kier alpha value is -2.40. The van der Waals surface area contributed by atoms with Gasteiger partial charge in [0.25, 0.3) is 0 Å². The van der Waals surface area contributed by atoms with Crippen LogP contribution in [0.2, 0.25) is 5.28 Å². The van der Waals surface area contributed by atoms with Crippen molar-refractivity contribution in [3.63, 3.8) is 0 Å². The Morgan fingerprint density at radius 1 is 1.00 bits per heavy atom. The zero-order valence-electron chi connectivity index (χ0n) is 13.9. The molecule has 0 saturated heterocycles. The van der Waals surface area contributed by atoms with E-state index in [-0.39, 0.29) is 5.28 Å². The van der Waals surface area contributed by atoms with Gasteiger partial charge in [0.15, 0.2) is 0 Å². The van der Waals surface area contributed by atoms with Gasteiger partial charge >= 0.3 is 0 Å². The summed E-state index contributed by atoms with van der Waals surface area (Å²) in [5, 5.41) is 0.395. The summed E-state index contributed by atoms with van der Waals surface area (Å²) < 4.78 is 25.2. The second-order valence-electron chi connectivity index (χ2n) is 4.60. The molecule has 2 aromatic carbocycles. The summed E-state index contributed by atoms with van der Waals surface area (Å²) in [7, 11) is 3.09. The number of rotatable bonds is 3.